The van der Waals surface area contributed by atoms with Gasteiger partial charge in [-0.3, -0.25) is 0 Å². The monoisotopic (exact) mass is 270 g/mol. The van der Waals surface area contributed by atoms with Crippen molar-refractivity contribution in [1.29, 1.82) is 5.26 Å². The Balaban J connectivity index is 2.04. The van der Waals surface area contributed by atoms with Crippen molar-refractivity contribution in [3.63, 3.8) is 0 Å². The lowest BCUT2D eigenvalue weighted by molar-refractivity contribution is 0.622. The third-order valence-corrected chi connectivity index (χ3v) is 3.56. The highest BCUT2D eigenvalue weighted by Gasteiger charge is 2.13. The predicted octanol–water partition coefficient (Wildman–Crippen LogP) is 4.52. The standard InChI is InChI=1S/C18H10N2O/c19-11-13-6-2-4-8-15(13)18-20-16-10-9-12-5-1-3-7-14(12)17(16)21-18/h1-10H. The number of fused-ring (bicyclic) bond motifs is 3. The predicted molar refractivity (Wildman–Crippen MR) is 81.7 cm³/mol. The Bertz CT molecular complexity index is 1010. The molecule has 0 saturated heterocycles. The molecule has 0 amide bonds. The van der Waals surface area contributed by atoms with E-state index in [1.54, 1.807) is 6.07 Å². The van der Waals surface area contributed by atoms with Crippen molar-refractivity contribution in [3.8, 4) is 17.5 Å². The molecule has 0 spiro atoms. The molecule has 21 heavy (non-hydrogen) atoms. The van der Waals surface area contributed by atoms with Crippen LogP contribution in [0.4, 0.5) is 0 Å². The Kier molecular flexibility index (Phi) is 2.48. The minimum absolute atomic E-state index is 0.485. The summed E-state index contributed by atoms with van der Waals surface area (Å²) in [7, 11) is 0. The van der Waals surface area contributed by atoms with Crippen LogP contribution in [-0.2, 0) is 0 Å². The Morgan fingerprint density at radius 1 is 0.905 bits per heavy atom. The summed E-state index contributed by atoms with van der Waals surface area (Å²) in [5.41, 5.74) is 2.85. The first-order valence-corrected chi connectivity index (χ1v) is 6.64. The summed E-state index contributed by atoms with van der Waals surface area (Å²) >= 11 is 0. The van der Waals surface area contributed by atoms with Crippen LogP contribution in [-0.4, -0.2) is 4.98 Å². The van der Waals surface area contributed by atoms with Gasteiger partial charge in [-0.05, 0) is 23.6 Å². The number of benzene rings is 3. The van der Waals surface area contributed by atoms with E-state index < -0.39 is 0 Å². The number of aromatic nitrogens is 1. The van der Waals surface area contributed by atoms with Crippen molar-refractivity contribution in [1.82, 2.24) is 4.98 Å². The summed E-state index contributed by atoms with van der Waals surface area (Å²) in [6.45, 7) is 0. The smallest absolute Gasteiger partial charge is 0.228 e. The van der Waals surface area contributed by atoms with Gasteiger partial charge in [-0.2, -0.15) is 5.26 Å². The third kappa shape index (κ3) is 1.78. The van der Waals surface area contributed by atoms with Crippen molar-refractivity contribution in [2.75, 3.05) is 0 Å². The zero-order valence-electron chi connectivity index (χ0n) is 11.1. The van der Waals surface area contributed by atoms with Crippen molar-refractivity contribution >= 4 is 21.9 Å². The van der Waals surface area contributed by atoms with Crippen molar-refractivity contribution in [2.45, 2.75) is 0 Å². The lowest BCUT2D eigenvalue weighted by Gasteiger charge is -1.97. The van der Waals surface area contributed by atoms with Gasteiger partial charge in [-0.1, -0.05) is 42.5 Å². The van der Waals surface area contributed by atoms with Gasteiger partial charge in [0.25, 0.3) is 0 Å². The van der Waals surface area contributed by atoms with E-state index >= 15 is 0 Å². The summed E-state index contributed by atoms with van der Waals surface area (Å²) in [4.78, 5) is 4.52. The number of nitrogens with zero attached hydrogens (tertiary/aromatic N) is 2. The number of hydrogen-bond acceptors (Lipinski definition) is 3. The van der Waals surface area contributed by atoms with Gasteiger partial charge in [-0.15, -0.1) is 0 Å². The Hall–Kier alpha value is -3.12. The Morgan fingerprint density at radius 3 is 2.62 bits per heavy atom. The zero-order valence-corrected chi connectivity index (χ0v) is 11.1. The number of nitriles is 1. The van der Waals surface area contributed by atoms with E-state index in [1.807, 2.05) is 54.6 Å². The molecule has 3 aromatic carbocycles. The van der Waals surface area contributed by atoms with E-state index in [1.165, 1.54) is 0 Å². The number of oxazole rings is 1. The van der Waals surface area contributed by atoms with Crippen LogP contribution in [0.1, 0.15) is 5.56 Å². The largest absolute Gasteiger partial charge is 0.435 e. The maximum atomic E-state index is 9.21. The molecule has 0 aliphatic rings. The topological polar surface area (TPSA) is 49.8 Å². The molecule has 0 N–H and O–H groups in total. The summed E-state index contributed by atoms with van der Waals surface area (Å²) in [5, 5.41) is 11.3. The Morgan fingerprint density at radius 2 is 1.71 bits per heavy atom. The second kappa shape index (κ2) is 4.46. The fourth-order valence-electron chi connectivity index (χ4n) is 2.54. The molecular weight excluding hydrogens is 260 g/mol. The van der Waals surface area contributed by atoms with Crippen molar-refractivity contribution in [2.24, 2.45) is 0 Å². The highest BCUT2D eigenvalue weighted by Crippen LogP contribution is 2.31. The molecule has 0 bridgehead atoms. The Labute approximate surface area is 121 Å². The quantitative estimate of drug-likeness (QED) is 0.511. The van der Waals surface area contributed by atoms with Gasteiger partial charge in [0.1, 0.15) is 5.52 Å². The molecule has 0 aliphatic heterocycles. The SMILES string of the molecule is N#Cc1ccccc1-c1nc2ccc3ccccc3c2o1. The van der Waals surface area contributed by atoms with Crippen LogP contribution in [0.2, 0.25) is 0 Å². The molecular formula is C18H10N2O. The fourth-order valence-corrected chi connectivity index (χ4v) is 2.54. The first kappa shape index (κ1) is 11.7. The minimum Gasteiger partial charge on any atom is -0.435 e. The normalized spacial score (nSPS) is 10.8. The second-order valence-corrected chi connectivity index (χ2v) is 4.81. The molecule has 0 aliphatic carbocycles. The molecule has 0 saturated carbocycles. The maximum Gasteiger partial charge on any atom is 0.228 e. The van der Waals surface area contributed by atoms with E-state index in [2.05, 4.69) is 11.1 Å². The summed E-state index contributed by atoms with van der Waals surface area (Å²) in [5.74, 6) is 0.485. The van der Waals surface area contributed by atoms with Crippen LogP contribution in [0.3, 0.4) is 0 Å². The average molecular weight is 270 g/mol. The van der Waals surface area contributed by atoms with Crippen LogP contribution in [0.5, 0.6) is 0 Å². The molecule has 4 aromatic rings. The van der Waals surface area contributed by atoms with Crippen LogP contribution < -0.4 is 0 Å². The molecule has 0 radical (unpaired) electrons. The minimum atomic E-state index is 0.485. The van der Waals surface area contributed by atoms with E-state index in [0.717, 1.165) is 27.4 Å². The van der Waals surface area contributed by atoms with Crippen LogP contribution in [0, 0.1) is 11.3 Å². The highest BCUT2D eigenvalue weighted by atomic mass is 16.3. The van der Waals surface area contributed by atoms with E-state index in [9.17, 15) is 5.26 Å². The van der Waals surface area contributed by atoms with Gasteiger partial charge >= 0.3 is 0 Å². The van der Waals surface area contributed by atoms with Gasteiger partial charge in [0.05, 0.1) is 17.2 Å². The molecule has 3 nitrogen and oxygen atoms in total. The highest BCUT2D eigenvalue weighted by molar-refractivity contribution is 6.03. The average Bonchev–Trinajstić information content (AvgIpc) is 2.99. The van der Waals surface area contributed by atoms with E-state index in [-0.39, 0.29) is 0 Å². The fraction of sp³-hybridized carbons (Fsp3) is 0. The number of hydrogen-bond donors (Lipinski definition) is 0. The molecule has 0 atom stereocenters. The lowest BCUT2D eigenvalue weighted by atomic mass is 10.1. The molecule has 4 rings (SSSR count). The van der Waals surface area contributed by atoms with Crippen LogP contribution in [0.25, 0.3) is 33.3 Å². The van der Waals surface area contributed by atoms with Gasteiger partial charge in [0.2, 0.25) is 5.89 Å². The third-order valence-electron chi connectivity index (χ3n) is 3.56. The lowest BCUT2D eigenvalue weighted by Crippen LogP contribution is -1.82. The first-order chi connectivity index (χ1) is 10.4. The van der Waals surface area contributed by atoms with Gasteiger partial charge < -0.3 is 4.42 Å². The maximum absolute atomic E-state index is 9.21. The molecule has 1 heterocycles. The van der Waals surface area contributed by atoms with Crippen LogP contribution >= 0.6 is 0 Å². The molecule has 1 aromatic heterocycles. The first-order valence-electron chi connectivity index (χ1n) is 6.64. The van der Waals surface area contributed by atoms with Crippen LogP contribution in [0.15, 0.2) is 65.1 Å². The van der Waals surface area contributed by atoms with Gasteiger partial charge in [0.15, 0.2) is 5.58 Å². The second-order valence-electron chi connectivity index (χ2n) is 4.81. The molecule has 3 heteroatoms. The molecule has 0 fully saturated rings. The van der Waals surface area contributed by atoms with E-state index in [0.29, 0.717) is 11.5 Å². The van der Waals surface area contributed by atoms with Crippen molar-refractivity contribution < 1.29 is 4.42 Å². The summed E-state index contributed by atoms with van der Waals surface area (Å²) < 4.78 is 5.95. The van der Waals surface area contributed by atoms with E-state index in [4.69, 9.17) is 4.42 Å². The molecule has 0 unspecified atom stereocenters. The molecule has 98 valence electrons. The van der Waals surface area contributed by atoms with Gasteiger partial charge in [-0.25, -0.2) is 4.98 Å². The zero-order chi connectivity index (χ0) is 14.2. The summed E-state index contributed by atoms with van der Waals surface area (Å²) in [6, 6.07) is 21.5. The summed E-state index contributed by atoms with van der Waals surface area (Å²) in [6.07, 6.45) is 0. The number of rotatable bonds is 1. The van der Waals surface area contributed by atoms with Gasteiger partial charge in [0, 0.05) is 5.39 Å². The van der Waals surface area contributed by atoms with Crippen molar-refractivity contribution in [3.05, 3.63) is 66.2 Å².